The molecule has 35 heavy (non-hydrogen) atoms. The fourth-order valence-corrected chi connectivity index (χ4v) is 7.39. The molecule has 0 bridgehead atoms. The highest BCUT2D eigenvalue weighted by atomic mass is 32.2. The molecule has 1 aromatic heterocycles. The maximum absolute atomic E-state index is 13.9. The van der Waals surface area contributed by atoms with Crippen molar-refractivity contribution in [3.63, 3.8) is 0 Å². The number of benzene rings is 2. The van der Waals surface area contributed by atoms with Crippen molar-refractivity contribution in [1.29, 1.82) is 0 Å². The van der Waals surface area contributed by atoms with E-state index >= 15 is 0 Å². The molecule has 6 rings (SSSR count). The van der Waals surface area contributed by atoms with Crippen molar-refractivity contribution in [2.75, 3.05) is 18.5 Å². The van der Waals surface area contributed by atoms with Crippen LogP contribution in [-0.4, -0.2) is 31.5 Å². The highest BCUT2D eigenvalue weighted by molar-refractivity contribution is 7.90. The first-order valence-corrected chi connectivity index (χ1v) is 13.3. The van der Waals surface area contributed by atoms with Gasteiger partial charge in [0.05, 0.1) is 34.2 Å². The van der Waals surface area contributed by atoms with E-state index in [-0.39, 0.29) is 17.5 Å². The molecule has 1 spiro atoms. The van der Waals surface area contributed by atoms with Gasteiger partial charge < -0.3 is 15.4 Å². The molecule has 0 unspecified atom stereocenters. The number of nitrogens with one attached hydrogen (secondary N) is 2. The molecule has 3 aliphatic rings. The number of ether oxygens (including phenoxy) is 1. The van der Waals surface area contributed by atoms with E-state index in [9.17, 15) is 13.2 Å². The number of para-hydroxylation sites is 1. The first-order valence-electron chi connectivity index (χ1n) is 11.9. The summed E-state index contributed by atoms with van der Waals surface area (Å²) in [5.74, 6) is -0.442. The van der Waals surface area contributed by atoms with Crippen LogP contribution in [0.3, 0.4) is 0 Å². The van der Waals surface area contributed by atoms with Crippen molar-refractivity contribution in [3.8, 4) is 0 Å². The van der Waals surface area contributed by atoms with Crippen LogP contribution in [0.2, 0.25) is 0 Å². The Morgan fingerprint density at radius 3 is 2.66 bits per heavy atom. The van der Waals surface area contributed by atoms with Crippen molar-refractivity contribution < 1.29 is 17.9 Å². The summed E-state index contributed by atoms with van der Waals surface area (Å²) in [6, 6.07) is 14.3. The minimum Gasteiger partial charge on any atom is -0.462 e. The average molecular weight is 490 g/mol. The van der Waals surface area contributed by atoms with Gasteiger partial charge in [0.25, 0.3) is 10.0 Å². The van der Waals surface area contributed by atoms with E-state index in [0.29, 0.717) is 23.4 Å². The first-order chi connectivity index (χ1) is 16.8. The van der Waals surface area contributed by atoms with E-state index in [0.717, 1.165) is 34.5 Å². The average Bonchev–Trinajstić information content (AvgIpc) is 3.54. The van der Waals surface area contributed by atoms with Crippen LogP contribution in [0.15, 0.2) is 65.3 Å². The summed E-state index contributed by atoms with van der Waals surface area (Å²) < 4.78 is 34.6. The Kier molecular flexibility index (Phi) is 4.70. The minimum atomic E-state index is -3.90. The molecule has 2 atom stereocenters. The number of hydrogen-bond donors (Lipinski definition) is 2. The van der Waals surface area contributed by atoms with Gasteiger partial charge in [-0.1, -0.05) is 35.9 Å². The normalized spacial score (nSPS) is 22.0. The quantitative estimate of drug-likeness (QED) is 0.538. The molecule has 2 N–H and O–H groups in total. The molecule has 0 radical (unpaired) electrons. The summed E-state index contributed by atoms with van der Waals surface area (Å²) in [4.78, 5) is 13.5. The lowest BCUT2D eigenvalue weighted by Crippen LogP contribution is -2.40. The summed E-state index contributed by atoms with van der Waals surface area (Å²) in [5.41, 5.74) is 5.94. The van der Waals surface area contributed by atoms with Crippen LogP contribution in [0.4, 0.5) is 5.69 Å². The van der Waals surface area contributed by atoms with Crippen LogP contribution in [-0.2, 0) is 25.0 Å². The number of esters is 1. The Labute approximate surface area is 204 Å². The van der Waals surface area contributed by atoms with Crippen molar-refractivity contribution >= 4 is 27.3 Å². The van der Waals surface area contributed by atoms with Gasteiger partial charge in [-0.2, -0.15) is 0 Å². The number of nitrogens with zero attached hydrogens (tertiary/aromatic N) is 1. The fraction of sp³-hybridized carbons (Fsp3) is 0.296. The van der Waals surface area contributed by atoms with Gasteiger partial charge in [0.2, 0.25) is 0 Å². The van der Waals surface area contributed by atoms with Crippen LogP contribution in [0.1, 0.15) is 47.3 Å². The second-order valence-electron chi connectivity index (χ2n) is 9.42. The smallest absolute Gasteiger partial charge is 0.340 e. The van der Waals surface area contributed by atoms with E-state index in [4.69, 9.17) is 4.74 Å². The molecule has 2 aromatic carbocycles. The summed E-state index contributed by atoms with van der Waals surface area (Å²) in [7, 11) is -3.90. The van der Waals surface area contributed by atoms with Crippen molar-refractivity contribution in [2.45, 2.75) is 43.5 Å². The van der Waals surface area contributed by atoms with Crippen LogP contribution >= 0.6 is 0 Å². The minimum absolute atomic E-state index is 0.208. The molecule has 7 nitrogen and oxygen atoms in total. The van der Waals surface area contributed by atoms with E-state index in [2.05, 4.69) is 16.7 Å². The Hall–Kier alpha value is -3.52. The number of aryl methyl sites for hydroxylation is 2. The van der Waals surface area contributed by atoms with E-state index in [1.54, 1.807) is 43.5 Å². The lowest BCUT2D eigenvalue weighted by Gasteiger charge is -2.38. The zero-order valence-electron chi connectivity index (χ0n) is 19.9. The third-order valence-electron chi connectivity index (χ3n) is 7.54. The molecular formula is C27H27N3O4S. The Balaban J connectivity index is 1.65. The van der Waals surface area contributed by atoms with Gasteiger partial charge in [0.15, 0.2) is 0 Å². The highest BCUT2D eigenvalue weighted by Gasteiger charge is 2.59. The number of aromatic nitrogens is 1. The lowest BCUT2D eigenvalue weighted by molar-refractivity contribution is -0.136. The van der Waals surface area contributed by atoms with Crippen molar-refractivity contribution in [3.05, 3.63) is 88.4 Å². The monoisotopic (exact) mass is 489 g/mol. The van der Waals surface area contributed by atoms with Gasteiger partial charge in [-0.3, -0.25) is 0 Å². The molecule has 1 aliphatic carbocycles. The predicted octanol–water partition coefficient (Wildman–Crippen LogP) is 4.03. The number of carbonyl (C=O) groups excluding carboxylic acids is 1. The van der Waals surface area contributed by atoms with Crippen molar-refractivity contribution in [2.24, 2.45) is 0 Å². The Morgan fingerprint density at radius 1 is 1.14 bits per heavy atom. The number of carbonyl (C=O) groups is 1. The molecule has 0 saturated carbocycles. The number of fused-ring (bicyclic) bond motifs is 3. The lowest BCUT2D eigenvalue weighted by atomic mass is 9.67. The predicted molar refractivity (Wildman–Crippen MR) is 134 cm³/mol. The maximum Gasteiger partial charge on any atom is 0.340 e. The zero-order valence-corrected chi connectivity index (χ0v) is 20.7. The van der Waals surface area contributed by atoms with Gasteiger partial charge in [-0.25, -0.2) is 17.2 Å². The van der Waals surface area contributed by atoms with Gasteiger partial charge in [-0.15, -0.1) is 0 Å². The van der Waals surface area contributed by atoms with Crippen LogP contribution in [0.25, 0.3) is 5.57 Å². The van der Waals surface area contributed by atoms with Crippen LogP contribution in [0.5, 0.6) is 0 Å². The van der Waals surface area contributed by atoms with Crippen LogP contribution in [0, 0.1) is 13.8 Å². The number of hydrogen-bond acceptors (Lipinski definition) is 6. The zero-order chi connectivity index (χ0) is 24.5. The van der Waals surface area contributed by atoms with Gasteiger partial charge in [0.1, 0.15) is 0 Å². The molecule has 3 aromatic rings. The molecular weight excluding hydrogens is 462 g/mol. The molecule has 1 saturated heterocycles. The van der Waals surface area contributed by atoms with Crippen molar-refractivity contribution in [1.82, 2.24) is 9.29 Å². The molecule has 1 fully saturated rings. The highest BCUT2D eigenvalue weighted by Crippen LogP contribution is 2.61. The summed E-state index contributed by atoms with van der Waals surface area (Å²) in [6.07, 6.45) is 2.29. The van der Waals surface area contributed by atoms with E-state index in [1.165, 1.54) is 3.97 Å². The van der Waals surface area contributed by atoms with Gasteiger partial charge in [-0.05, 0) is 56.5 Å². The van der Waals surface area contributed by atoms with Crippen LogP contribution < -0.4 is 10.6 Å². The maximum atomic E-state index is 13.9. The summed E-state index contributed by atoms with van der Waals surface area (Å²) >= 11 is 0. The fourth-order valence-electron chi connectivity index (χ4n) is 6.00. The molecule has 8 heteroatoms. The largest absolute Gasteiger partial charge is 0.462 e. The Morgan fingerprint density at radius 2 is 1.91 bits per heavy atom. The van der Waals surface area contributed by atoms with E-state index in [1.807, 2.05) is 26.0 Å². The molecule has 2 aliphatic heterocycles. The first kappa shape index (κ1) is 22.0. The molecule has 0 amide bonds. The SMILES string of the molecule is CCOC(=O)C1=C2NCC[C@@]23c2cccc(C)c2N[C@H]3c2c1ccn2S(=O)(=O)c1ccc(C)cc1. The third-order valence-corrected chi connectivity index (χ3v) is 9.25. The van der Waals surface area contributed by atoms with Gasteiger partial charge >= 0.3 is 5.97 Å². The molecule has 3 heterocycles. The number of rotatable bonds is 4. The third kappa shape index (κ3) is 2.83. The molecule has 180 valence electrons. The van der Waals surface area contributed by atoms with Gasteiger partial charge in [0, 0.05) is 29.7 Å². The topological polar surface area (TPSA) is 89.4 Å². The number of anilines is 1. The standard InChI is InChI=1S/C27H27N3O4S/c1-4-34-26(31)21-19-12-15-30(35(32,33)18-10-8-16(2)9-11-18)23(19)25-27(13-14-28-24(21)27)20-7-5-6-17(3)22(20)29-25/h5-12,15,25,28-29H,4,13-14H2,1-3H3/t25-,27+/m0/s1. The summed E-state index contributed by atoms with van der Waals surface area (Å²) in [5, 5.41) is 7.14. The summed E-state index contributed by atoms with van der Waals surface area (Å²) in [6.45, 7) is 6.65. The second-order valence-corrected chi connectivity index (χ2v) is 11.2. The Bertz CT molecular complexity index is 1520. The second kappa shape index (κ2) is 7.49. The van der Waals surface area contributed by atoms with E-state index < -0.39 is 21.4 Å².